The zero-order valence-electron chi connectivity index (χ0n) is 39.8. The number of para-hydroxylation sites is 1. The molecule has 0 N–H and O–H groups in total. The third-order valence-corrected chi connectivity index (χ3v) is 13.4. The molecule has 3 heterocycles. The number of pyridine rings is 1. The van der Waals surface area contributed by atoms with Crippen molar-refractivity contribution in [1.29, 1.82) is 0 Å². The Labute approximate surface area is 411 Å². The topological polar surface area (TPSA) is 33.5 Å². The standard InChI is InChI=1S/C61H57N4O.Pt/c1-40(2)50-25-17-26-51(41(3)4)59(50)42-28-31-55-57(34-42)64(39-63(55)46-21-15-20-44(35-46)60(5,6)7)47-22-16-23-48(37-47)66-49-29-30-53-52-24-13-14-27-54(52)65(56(53)38-49)58-36-45(32-33-62-58)61(8,9)43-18-11-10-12-19-43;/h10-36,39-41H,1-9H3;/q-3;. The molecule has 67 heavy (non-hydrogen) atoms. The molecule has 340 valence electrons. The van der Waals surface area contributed by atoms with Gasteiger partial charge in [0.1, 0.15) is 5.82 Å². The summed E-state index contributed by atoms with van der Waals surface area (Å²) >= 11 is 0. The van der Waals surface area contributed by atoms with E-state index in [2.05, 4.69) is 235 Å². The molecule has 0 aliphatic carbocycles. The van der Waals surface area contributed by atoms with Crippen molar-refractivity contribution in [1.82, 2.24) is 9.55 Å². The van der Waals surface area contributed by atoms with E-state index in [1.807, 2.05) is 24.4 Å². The van der Waals surface area contributed by atoms with Gasteiger partial charge in [0.2, 0.25) is 0 Å². The predicted molar refractivity (Wildman–Crippen MR) is 275 cm³/mol. The predicted octanol–water partition coefficient (Wildman–Crippen LogP) is 16.5. The molecule has 2 aromatic heterocycles. The first-order valence-corrected chi connectivity index (χ1v) is 23.3. The number of anilines is 4. The Morgan fingerprint density at radius 3 is 2.00 bits per heavy atom. The van der Waals surface area contributed by atoms with Gasteiger partial charge >= 0.3 is 0 Å². The summed E-state index contributed by atoms with van der Waals surface area (Å²) in [5, 5.41) is 2.22. The summed E-state index contributed by atoms with van der Waals surface area (Å²) in [6.07, 6.45) is 1.92. The summed E-state index contributed by atoms with van der Waals surface area (Å²) in [4.78, 5) is 9.51. The number of hydrogen-bond donors (Lipinski definition) is 0. The molecule has 0 saturated carbocycles. The molecule has 10 rings (SSSR count). The first-order chi connectivity index (χ1) is 31.8. The summed E-state index contributed by atoms with van der Waals surface area (Å²) in [6, 6.07) is 63.7. The van der Waals surface area contributed by atoms with Crippen molar-refractivity contribution >= 4 is 44.6 Å². The summed E-state index contributed by atoms with van der Waals surface area (Å²) in [6.45, 7) is 22.7. The van der Waals surface area contributed by atoms with E-state index >= 15 is 0 Å². The Morgan fingerprint density at radius 2 is 1.25 bits per heavy atom. The van der Waals surface area contributed by atoms with Crippen molar-refractivity contribution in [3.63, 3.8) is 0 Å². The van der Waals surface area contributed by atoms with E-state index in [0.29, 0.717) is 23.3 Å². The van der Waals surface area contributed by atoms with Gasteiger partial charge in [0.15, 0.2) is 0 Å². The van der Waals surface area contributed by atoms with Crippen LogP contribution in [0.15, 0.2) is 164 Å². The van der Waals surface area contributed by atoms with Gasteiger partial charge < -0.3 is 19.1 Å². The van der Waals surface area contributed by atoms with Gasteiger partial charge in [0.25, 0.3) is 0 Å². The first kappa shape index (κ1) is 45.7. The molecule has 0 saturated heterocycles. The molecule has 0 spiro atoms. The minimum atomic E-state index is -0.228. The Morgan fingerprint density at radius 1 is 0.567 bits per heavy atom. The maximum Gasteiger partial charge on any atom is 0.135 e. The largest absolute Gasteiger partial charge is 0.509 e. The fraction of sp³-hybridized carbons (Fsp3) is 0.213. The minimum absolute atomic E-state index is 0. The first-order valence-electron chi connectivity index (χ1n) is 23.3. The average Bonchev–Trinajstić information content (AvgIpc) is 3.87. The van der Waals surface area contributed by atoms with E-state index in [4.69, 9.17) is 9.72 Å². The number of fused-ring (bicyclic) bond motifs is 4. The van der Waals surface area contributed by atoms with Crippen LogP contribution in [0.5, 0.6) is 11.5 Å². The Bertz CT molecular complexity index is 3220. The van der Waals surface area contributed by atoms with E-state index in [1.165, 1.54) is 38.9 Å². The van der Waals surface area contributed by atoms with E-state index in [0.717, 1.165) is 50.4 Å². The smallest absolute Gasteiger partial charge is 0.135 e. The summed E-state index contributed by atoms with van der Waals surface area (Å²) < 4.78 is 8.95. The van der Waals surface area contributed by atoms with E-state index < -0.39 is 0 Å². The normalized spacial score (nSPS) is 12.9. The zero-order chi connectivity index (χ0) is 45.9. The van der Waals surface area contributed by atoms with Crippen molar-refractivity contribution in [2.24, 2.45) is 0 Å². The SMILES string of the molecule is CC(C)c1cccc(C(C)C)c1-c1ccc2c(c1)N(c1[c-]c(Oc3[c-]c4c(cc3)c3ccccc3n4-c3cc(C(C)(C)c4ccccc4)ccn3)ccc1)[CH-]N2c1cccc(C(C)(C)C)c1.[Pt]. The fourth-order valence-electron chi connectivity index (χ4n) is 9.60. The van der Waals surface area contributed by atoms with Crippen LogP contribution in [0.3, 0.4) is 0 Å². The van der Waals surface area contributed by atoms with Gasteiger partial charge in [-0.15, -0.1) is 48.1 Å². The van der Waals surface area contributed by atoms with Gasteiger partial charge in [-0.1, -0.05) is 153 Å². The average molecular weight is 1060 g/mol. The summed E-state index contributed by atoms with van der Waals surface area (Å²) in [7, 11) is 0. The molecule has 0 atom stereocenters. The van der Waals surface area contributed by atoms with Gasteiger partial charge in [-0.05, 0) is 104 Å². The maximum absolute atomic E-state index is 6.74. The number of benzene rings is 7. The number of aromatic nitrogens is 2. The second-order valence-electron chi connectivity index (χ2n) is 19.8. The molecule has 7 aromatic carbocycles. The number of rotatable bonds is 10. The molecule has 0 radical (unpaired) electrons. The quantitative estimate of drug-likeness (QED) is 0.128. The molecular formula is C61H57N4OPt-3. The Hall–Kier alpha value is -6.42. The second-order valence-corrected chi connectivity index (χ2v) is 19.8. The van der Waals surface area contributed by atoms with Gasteiger partial charge in [0, 0.05) is 66.8 Å². The van der Waals surface area contributed by atoms with Crippen LogP contribution in [0.4, 0.5) is 22.7 Å². The van der Waals surface area contributed by atoms with Crippen molar-refractivity contribution in [3.05, 3.63) is 211 Å². The third kappa shape index (κ3) is 8.48. The number of nitrogens with zero attached hydrogens (tertiary/aromatic N) is 4. The monoisotopic (exact) mass is 1060 g/mol. The molecule has 9 aromatic rings. The molecule has 5 nitrogen and oxygen atoms in total. The Balaban J connectivity index is 0.00000562. The Kier molecular flexibility index (Phi) is 12.3. The summed E-state index contributed by atoms with van der Waals surface area (Å²) in [5.41, 5.74) is 14.9. The molecule has 1 aliphatic rings. The van der Waals surface area contributed by atoms with Crippen LogP contribution in [-0.4, -0.2) is 9.55 Å². The molecule has 0 amide bonds. The van der Waals surface area contributed by atoms with Crippen molar-refractivity contribution in [2.45, 2.75) is 85.0 Å². The number of ether oxygens (including phenoxy) is 1. The summed E-state index contributed by atoms with van der Waals surface area (Å²) in [5.74, 6) is 2.78. The zero-order valence-corrected chi connectivity index (χ0v) is 42.1. The molecule has 0 fully saturated rings. The van der Waals surface area contributed by atoms with Crippen LogP contribution in [0.2, 0.25) is 0 Å². The van der Waals surface area contributed by atoms with Crippen LogP contribution in [0.25, 0.3) is 38.8 Å². The van der Waals surface area contributed by atoms with Gasteiger partial charge in [-0.25, -0.2) is 4.98 Å². The van der Waals surface area contributed by atoms with Crippen LogP contribution >= 0.6 is 0 Å². The molecule has 6 heteroatoms. The second kappa shape index (κ2) is 18.0. The third-order valence-electron chi connectivity index (χ3n) is 13.4. The van der Waals surface area contributed by atoms with E-state index in [-0.39, 0.29) is 31.9 Å². The van der Waals surface area contributed by atoms with Crippen molar-refractivity contribution in [2.75, 3.05) is 9.80 Å². The van der Waals surface area contributed by atoms with Crippen molar-refractivity contribution < 1.29 is 25.8 Å². The van der Waals surface area contributed by atoms with Gasteiger partial charge in [-0.2, -0.15) is 12.1 Å². The van der Waals surface area contributed by atoms with Crippen LogP contribution in [-0.2, 0) is 31.9 Å². The van der Waals surface area contributed by atoms with Gasteiger partial charge in [0.05, 0.1) is 0 Å². The maximum atomic E-state index is 6.74. The minimum Gasteiger partial charge on any atom is -0.509 e. The van der Waals surface area contributed by atoms with Crippen LogP contribution < -0.4 is 14.5 Å². The van der Waals surface area contributed by atoms with Crippen molar-refractivity contribution in [3.8, 4) is 28.4 Å². The molecule has 1 aliphatic heterocycles. The molecule has 0 unspecified atom stereocenters. The van der Waals surface area contributed by atoms with Crippen LogP contribution in [0.1, 0.15) is 102 Å². The number of hydrogen-bond acceptors (Lipinski definition) is 4. The van der Waals surface area contributed by atoms with Crippen LogP contribution in [0, 0.1) is 18.8 Å². The van der Waals surface area contributed by atoms with E-state index in [9.17, 15) is 0 Å². The van der Waals surface area contributed by atoms with Gasteiger partial charge in [-0.3, -0.25) is 0 Å². The molecule has 0 bridgehead atoms. The molecular weight excluding hydrogens is 1000 g/mol. The fourth-order valence-corrected chi connectivity index (χ4v) is 9.60. The van der Waals surface area contributed by atoms with E-state index in [1.54, 1.807) is 0 Å².